The predicted octanol–water partition coefficient (Wildman–Crippen LogP) is 3.01. The molecule has 4 nitrogen and oxygen atoms in total. The molecule has 0 atom stereocenters. The molecule has 0 unspecified atom stereocenters. The zero-order chi connectivity index (χ0) is 13.5. The monoisotopic (exact) mass is 257 g/mol. The quantitative estimate of drug-likeness (QED) is 0.864. The summed E-state index contributed by atoms with van der Waals surface area (Å²) in [6.45, 7) is 6.09. The first-order valence-electron chi connectivity index (χ1n) is 6.47. The zero-order valence-electron chi connectivity index (χ0n) is 11.3. The molecule has 0 aliphatic carbocycles. The number of ether oxygens (including phenoxy) is 1. The van der Waals surface area contributed by atoms with Crippen LogP contribution in [0.3, 0.4) is 0 Å². The Labute approximate surface area is 113 Å². The Morgan fingerprint density at radius 2 is 2.00 bits per heavy atom. The van der Waals surface area contributed by atoms with Crippen molar-refractivity contribution in [3.05, 3.63) is 48.5 Å². The summed E-state index contributed by atoms with van der Waals surface area (Å²) >= 11 is 0. The maximum absolute atomic E-state index is 5.82. The second kappa shape index (κ2) is 6.85. The van der Waals surface area contributed by atoms with Gasteiger partial charge in [-0.05, 0) is 30.7 Å². The first-order valence-corrected chi connectivity index (χ1v) is 6.47. The Bertz CT molecular complexity index is 500. The van der Waals surface area contributed by atoms with Crippen LogP contribution in [-0.2, 0) is 6.54 Å². The molecule has 1 N–H and O–H groups in total. The van der Waals surface area contributed by atoms with E-state index in [-0.39, 0.29) is 0 Å². The van der Waals surface area contributed by atoms with Gasteiger partial charge in [0.15, 0.2) is 0 Å². The molecule has 0 bridgehead atoms. The van der Waals surface area contributed by atoms with Crippen LogP contribution in [-0.4, -0.2) is 16.5 Å². The van der Waals surface area contributed by atoms with E-state index in [9.17, 15) is 0 Å². The maximum Gasteiger partial charge on any atom is 0.145 e. The van der Waals surface area contributed by atoms with Crippen LogP contribution in [0.5, 0.6) is 11.5 Å². The van der Waals surface area contributed by atoms with Crippen LogP contribution in [0.15, 0.2) is 43.0 Å². The van der Waals surface area contributed by atoms with Crippen LogP contribution in [0.1, 0.15) is 19.4 Å². The standard InChI is InChI=1S/C15H19N3O/c1-12(2)8-18-10-13-9-17-7-5-15(13)19-14-4-3-6-16-11-14/h3-7,9,11-12,18H,8,10H2,1-2H3. The number of hydrogen-bond acceptors (Lipinski definition) is 4. The van der Waals surface area contributed by atoms with E-state index in [0.29, 0.717) is 5.92 Å². The molecule has 19 heavy (non-hydrogen) atoms. The van der Waals surface area contributed by atoms with Crippen LogP contribution in [0.2, 0.25) is 0 Å². The molecular weight excluding hydrogens is 238 g/mol. The van der Waals surface area contributed by atoms with Gasteiger partial charge >= 0.3 is 0 Å². The van der Waals surface area contributed by atoms with Crippen molar-refractivity contribution in [2.45, 2.75) is 20.4 Å². The van der Waals surface area contributed by atoms with E-state index in [2.05, 4.69) is 29.1 Å². The largest absolute Gasteiger partial charge is 0.455 e. The lowest BCUT2D eigenvalue weighted by Crippen LogP contribution is -2.19. The van der Waals surface area contributed by atoms with Crippen molar-refractivity contribution in [2.24, 2.45) is 5.92 Å². The number of rotatable bonds is 6. The fraction of sp³-hybridized carbons (Fsp3) is 0.333. The van der Waals surface area contributed by atoms with Crippen molar-refractivity contribution >= 4 is 0 Å². The minimum atomic E-state index is 0.624. The minimum absolute atomic E-state index is 0.624. The maximum atomic E-state index is 5.82. The highest BCUT2D eigenvalue weighted by molar-refractivity contribution is 5.34. The Morgan fingerprint density at radius 3 is 2.74 bits per heavy atom. The third-order valence-corrected chi connectivity index (χ3v) is 2.59. The smallest absolute Gasteiger partial charge is 0.145 e. The zero-order valence-corrected chi connectivity index (χ0v) is 11.3. The summed E-state index contributed by atoms with van der Waals surface area (Å²) in [7, 11) is 0. The molecule has 100 valence electrons. The van der Waals surface area contributed by atoms with Crippen LogP contribution in [0.25, 0.3) is 0 Å². The first kappa shape index (κ1) is 13.5. The normalized spacial score (nSPS) is 10.7. The van der Waals surface area contributed by atoms with Crippen molar-refractivity contribution in [2.75, 3.05) is 6.54 Å². The van der Waals surface area contributed by atoms with Gasteiger partial charge in [-0.2, -0.15) is 0 Å². The van der Waals surface area contributed by atoms with Crippen LogP contribution in [0.4, 0.5) is 0 Å². The van der Waals surface area contributed by atoms with Gasteiger partial charge in [-0.1, -0.05) is 13.8 Å². The highest BCUT2D eigenvalue weighted by atomic mass is 16.5. The molecule has 0 saturated carbocycles. The molecule has 0 aliphatic rings. The summed E-state index contributed by atoms with van der Waals surface area (Å²) in [5.41, 5.74) is 1.05. The van der Waals surface area contributed by atoms with Gasteiger partial charge < -0.3 is 10.1 Å². The molecule has 2 aromatic heterocycles. The fourth-order valence-corrected chi connectivity index (χ4v) is 1.68. The summed E-state index contributed by atoms with van der Waals surface area (Å²) in [6, 6.07) is 5.62. The summed E-state index contributed by atoms with van der Waals surface area (Å²) in [6.07, 6.45) is 6.99. The predicted molar refractivity (Wildman–Crippen MR) is 75.1 cm³/mol. The molecule has 0 fully saturated rings. The number of hydrogen-bond donors (Lipinski definition) is 1. The molecule has 0 aromatic carbocycles. The fourth-order valence-electron chi connectivity index (χ4n) is 1.68. The van der Waals surface area contributed by atoms with Gasteiger partial charge in [0, 0.05) is 30.7 Å². The molecule has 0 aliphatic heterocycles. The average Bonchev–Trinajstić information content (AvgIpc) is 2.41. The molecule has 0 radical (unpaired) electrons. The molecule has 0 amide bonds. The van der Waals surface area contributed by atoms with E-state index in [1.54, 1.807) is 18.6 Å². The number of aromatic nitrogens is 2. The molecule has 0 saturated heterocycles. The van der Waals surface area contributed by atoms with E-state index >= 15 is 0 Å². The SMILES string of the molecule is CC(C)CNCc1cnccc1Oc1cccnc1. The van der Waals surface area contributed by atoms with Crippen molar-refractivity contribution in [3.8, 4) is 11.5 Å². The van der Waals surface area contributed by atoms with Crippen molar-refractivity contribution in [1.29, 1.82) is 0 Å². The summed E-state index contributed by atoms with van der Waals surface area (Å²) in [5.74, 6) is 2.18. The third kappa shape index (κ3) is 4.34. The van der Waals surface area contributed by atoms with E-state index in [4.69, 9.17) is 4.74 Å². The first-order chi connectivity index (χ1) is 9.25. The van der Waals surface area contributed by atoms with Crippen LogP contribution >= 0.6 is 0 Å². The molecule has 0 spiro atoms. The highest BCUT2D eigenvalue weighted by Crippen LogP contribution is 2.23. The van der Waals surface area contributed by atoms with Crippen LogP contribution in [0, 0.1) is 5.92 Å². The second-order valence-electron chi connectivity index (χ2n) is 4.80. The molecular formula is C15H19N3O. The lowest BCUT2D eigenvalue weighted by atomic mass is 10.2. The summed E-state index contributed by atoms with van der Waals surface area (Å²) in [4.78, 5) is 8.19. The number of nitrogens with zero attached hydrogens (tertiary/aromatic N) is 2. The Balaban J connectivity index is 2.04. The van der Waals surface area contributed by atoms with Gasteiger partial charge in [-0.15, -0.1) is 0 Å². The number of pyridine rings is 2. The van der Waals surface area contributed by atoms with Gasteiger partial charge in [0.05, 0.1) is 6.20 Å². The van der Waals surface area contributed by atoms with Crippen molar-refractivity contribution in [1.82, 2.24) is 15.3 Å². The lowest BCUT2D eigenvalue weighted by Gasteiger charge is -2.12. The van der Waals surface area contributed by atoms with E-state index in [1.165, 1.54) is 0 Å². The van der Waals surface area contributed by atoms with Gasteiger partial charge in [0.2, 0.25) is 0 Å². The highest BCUT2D eigenvalue weighted by Gasteiger charge is 2.05. The van der Waals surface area contributed by atoms with Gasteiger partial charge in [0.1, 0.15) is 11.5 Å². The molecule has 4 heteroatoms. The minimum Gasteiger partial charge on any atom is -0.455 e. The third-order valence-electron chi connectivity index (χ3n) is 2.59. The van der Waals surface area contributed by atoms with E-state index in [1.807, 2.05) is 24.4 Å². The topological polar surface area (TPSA) is 47.0 Å². The van der Waals surface area contributed by atoms with Gasteiger partial charge in [0.25, 0.3) is 0 Å². The van der Waals surface area contributed by atoms with Gasteiger partial charge in [-0.3, -0.25) is 9.97 Å². The average molecular weight is 257 g/mol. The number of nitrogens with one attached hydrogen (secondary N) is 1. The summed E-state index contributed by atoms with van der Waals surface area (Å²) < 4.78 is 5.82. The molecule has 2 rings (SSSR count). The van der Waals surface area contributed by atoms with E-state index < -0.39 is 0 Å². The Kier molecular flexibility index (Phi) is 4.86. The molecule has 2 aromatic rings. The van der Waals surface area contributed by atoms with E-state index in [0.717, 1.165) is 30.2 Å². The second-order valence-corrected chi connectivity index (χ2v) is 4.80. The van der Waals surface area contributed by atoms with Crippen LogP contribution < -0.4 is 10.1 Å². The Morgan fingerprint density at radius 1 is 1.16 bits per heavy atom. The Hall–Kier alpha value is -1.94. The lowest BCUT2D eigenvalue weighted by molar-refractivity contribution is 0.466. The van der Waals surface area contributed by atoms with Gasteiger partial charge in [-0.25, -0.2) is 0 Å². The van der Waals surface area contributed by atoms with Crippen molar-refractivity contribution < 1.29 is 4.74 Å². The molecule has 2 heterocycles. The summed E-state index contributed by atoms with van der Waals surface area (Å²) in [5, 5.41) is 3.39. The van der Waals surface area contributed by atoms with Crippen molar-refractivity contribution in [3.63, 3.8) is 0 Å².